The minimum atomic E-state index is -0.126. The van der Waals surface area contributed by atoms with Crippen LogP contribution < -0.4 is 5.32 Å². The monoisotopic (exact) mass is 252 g/mol. The number of thioether (sulfide) groups is 1. The van der Waals surface area contributed by atoms with Gasteiger partial charge in [0.2, 0.25) is 11.1 Å². The van der Waals surface area contributed by atoms with Gasteiger partial charge in [0.1, 0.15) is 5.82 Å². The van der Waals surface area contributed by atoms with Crippen LogP contribution in [-0.4, -0.2) is 32.4 Å². The van der Waals surface area contributed by atoms with Crippen molar-refractivity contribution in [1.29, 1.82) is 0 Å². The summed E-state index contributed by atoms with van der Waals surface area (Å²) in [6, 6.07) is 0.416. The minimum absolute atomic E-state index is 0.0928. The molecule has 2 N–H and O–H groups in total. The zero-order valence-corrected chi connectivity index (χ0v) is 10.6. The van der Waals surface area contributed by atoms with Crippen molar-refractivity contribution in [2.45, 2.75) is 55.0 Å². The summed E-state index contributed by atoms with van der Waals surface area (Å²) in [5, 5.41) is 10.6. The molecule has 0 saturated heterocycles. The first kappa shape index (κ1) is 11.1. The Morgan fingerprint density at radius 2 is 2.24 bits per heavy atom. The third-order valence-electron chi connectivity index (χ3n) is 3.02. The summed E-state index contributed by atoms with van der Waals surface area (Å²) < 4.78 is 0. The first-order valence-electron chi connectivity index (χ1n) is 6.11. The van der Waals surface area contributed by atoms with Crippen molar-refractivity contribution < 1.29 is 4.79 Å². The lowest BCUT2D eigenvalue weighted by atomic mass is 10.4. The van der Waals surface area contributed by atoms with Crippen LogP contribution in [0.5, 0.6) is 0 Å². The number of hydrogen-bond acceptors (Lipinski definition) is 4. The Bertz CT molecular complexity index is 425. The summed E-state index contributed by atoms with van der Waals surface area (Å²) in [7, 11) is 0. The third kappa shape index (κ3) is 2.80. The molecule has 3 rings (SSSR count). The maximum Gasteiger partial charge on any atom is 0.233 e. The highest BCUT2D eigenvalue weighted by atomic mass is 32.2. The number of aromatic amines is 1. The predicted octanol–water partition coefficient (Wildman–Crippen LogP) is 1.44. The van der Waals surface area contributed by atoms with Gasteiger partial charge in [0.25, 0.3) is 0 Å². The van der Waals surface area contributed by atoms with E-state index in [2.05, 4.69) is 20.5 Å². The summed E-state index contributed by atoms with van der Waals surface area (Å²) in [6.07, 6.45) is 4.65. The molecule has 2 saturated carbocycles. The van der Waals surface area contributed by atoms with Crippen molar-refractivity contribution in [2.75, 3.05) is 0 Å². The summed E-state index contributed by atoms with van der Waals surface area (Å²) in [4.78, 5) is 16.2. The van der Waals surface area contributed by atoms with Crippen LogP contribution in [0.4, 0.5) is 0 Å². The minimum Gasteiger partial charge on any atom is -0.352 e. The largest absolute Gasteiger partial charge is 0.352 e. The van der Waals surface area contributed by atoms with E-state index in [0.29, 0.717) is 17.1 Å². The van der Waals surface area contributed by atoms with Gasteiger partial charge in [-0.2, -0.15) is 0 Å². The lowest BCUT2D eigenvalue weighted by molar-refractivity contribution is -0.120. The molecule has 2 aliphatic carbocycles. The van der Waals surface area contributed by atoms with E-state index in [9.17, 15) is 4.79 Å². The molecule has 0 aromatic carbocycles. The fourth-order valence-corrected chi connectivity index (χ4v) is 2.35. The Labute approximate surface area is 104 Å². The first-order chi connectivity index (χ1) is 8.22. The molecule has 0 radical (unpaired) electrons. The van der Waals surface area contributed by atoms with E-state index >= 15 is 0 Å². The molecular formula is C11H16N4OS. The van der Waals surface area contributed by atoms with Gasteiger partial charge in [0.05, 0.1) is 5.25 Å². The molecule has 0 spiro atoms. The number of hydrogen-bond donors (Lipinski definition) is 2. The van der Waals surface area contributed by atoms with Crippen LogP contribution in [0.3, 0.4) is 0 Å². The van der Waals surface area contributed by atoms with Crippen LogP contribution in [-0.2, 0) is 4.79 Å². The lowest BCUT2D eigenvalue weighted by Gasteiger charge is -2.08. The standard InChI is InChI=1S/C11H16N4OS/c1-6(10(16)12-8-4-5-8)17-11-13-9(14-15-11)7-2-3-7/h6-8H,2-5H2,1H3,(H,12,16)(H,13,14,15). The average molecular weight is 252 g/mol. The molecule has 1 heterocycles. The van der Waals surface area contributed by atoms with Crippen LogP contribution >= 0.6 is 11.8 Å². The number of nitrogens with zero attached hydrogens (tertiary/aromatic N) is 2. The second-order valence-corrected chi connectivity index (χ2v) is 6.13. The van der Waals surface area contributed by atoms with Crippen LogP contribution in [0.25, 0.3) is 0 Å². The molecule has 0 bridgehead atoms. The molecule has 1 aromatic heterocycles. The number of carbonyl (C=O) groups is 1. The Hall–Kier alpha value is -1.04. The van der Waals surface area contributed by atoms with E-state index < -0.39 is 0 Å². The Morgan fingerprint density at radius 1 is 1.47 bits per heavy atom. The molecule has 1 aromatic rings. The van der Waals surface area contributed by atoms with Gasteiger partial charge in [-0.25, -0.2) is 4.98 Å². The molecule has 1 atom stereocenters. The van der Waals surface area contributed by atoms with E-state index in [1.54, 1.807) is 0 Å². The van der Waals surface area contributed by atoms with Gasteiger partial charge in [-0.3, -0.25) is 9.89 Å². The normalized spacial score (nSPS) is 21.2. The highest BCUT2D eigenvalue weighted by Gasteiger charge is 2.29. The summed E-state index contributed by atoms with van der Waals surface area (Å²) in [6.45, 7) is 1.90. The van der Waals surface area contributed by atoms with Crippen LogP contribution in [0, 0.1) is 0 Å². The number of amides is 1. The molecule has 17 heavy (non-hydrogen) atoms. The van der Waals surface area contributed by atoms with Crippen molar-refractivity contribution in [3.05, 3.63) is 5.82 Å². The van der Waals surface area contributed by atoms with E-state index in [1.807, 2.05) is 6.92 Å². The van der Waals surface area contributed by atoms with Gasteiger partial charge < -0.3 is 5.32 Å². The highest BCUT2D eigenvalue weighted by Crippen LogP contribution is 2.38. The molecular weight excluding hydrogens is 236 g/mol. The molecule has 2 aliphatic rings. The maximum absolute atomic E-state index is 11.8. The quantitative estimate of drug-likeness (QED) is 0.778. The molecule has 92 valence electrons. The summed E-state index contributed by atoms with van der Waals surface area (Å²) >= 11 is 1.42. The van der Waals surface area contributed by atoms with Crippen LogP contribution in [0.2, 0.25) is 0 Å². The SMILES string of the molecule is CC(Sc1n[nH]c(C2CC2)n1)C(=O)NC1CC1. The van der Waals surface area contributed by atoms with Crippen LogP contribution in [0.15, 0.2) is 5.16 Å². The van der Waals surface area contributed by atoms with Gasteiger partial charge in [0.15, 0.2) is 0 Å². The molecule has 5 nitrogen and oxygen atoms in total. The van der Waals surface area contributed by atoms with E-state index in [0.717, 1.165) is 18.7 Å². The number of rotatable bonds is 5. The van der Waals surface area contributed by atoms with Gasteiger partial charge in [-0.15, -0.1) is 5.10 Å². The Balaban J connectivity index is 1.54. The Morgan fingerprint density at radius 3 is 2.88 bits per heavy atom. The first-order valence-corrected chi connectivity index (χ1v) is 6.99. The summed E-state index contributed by atoms with van der Waals surface area (Å²) in [5.41, 5.74) is 0. The van der Waals surface area contributed by atoms with Crippen molar-refractivity contribution in [3.8, 4) is 0 Å². The van der Waals surface area contributed by atoms with Crippen molar-refractivity contribution in [2.24, 2.45) is 0 Å². The van der Waals surface area contributed by atoms with Crippen LogP contribution in [0.1, 0.15) is 44.3 Å². The second-order valence-electron chi connectivity index (χ2n) is 4.82. The zero-order chi connectivity index (χ0) is 11.8. The number of carbonyl (C=O) groups excluding carboxylic acids is 1. The zero-order valence-electron chi connectivity index (χ0n) is 9.77. The fourth-order valence-electron chi connectivity index (χ4n) is 1.61. The molecule has 2 fully saturated rings. The average Bonchev–Trinajstić information content (AvgIpc) is 3.21. The van der Waals surface area contributed by atoms with Gasteiger partial charge in [0, 0.05) is 12.0 Å². The Kier molecular flexibility index (Phi) is 2.82. The third-order valence-corrected chi connectivity index (χ3v) is 3.98. The van der Waals surface area contributed by atoms with Gasteiger partial charge >= 0.3 is 0 Å². The van der Waals surface area contributed by atoms with Crippen molar-refractivity contribution >= 4 is 17.7 Å². The highest BCUT2D eigenvalue weighted by molar-refractivity contribution is 8.00. The number of nitrogens with one attached hydrogen (secondary N) is 2. The van der Waals surface area contributed by atoms with Gasteiger partial charge in [-0.05, 0) is 32.6 Å². The lowest BCUT2D eigenvalue weighted by Crippen LogP contribution is -2.32. The van der Waals surface area contributed by atoms with E-state index in [-0.39, 0.29) is 11.2 Å². The van der Waals surface area contributed by atoms with Gasteiger partial charge in [-0.1, -0.05) is 11.8 Å². The molecule has 1 unspecified atom stereocenters. The van der Waals surface area contributed by atoms with E-state index in [4.69, 9.17) is 0 Å². The topological polar surface area (TPSA) is 70.7 Å². The number of H-pyrrole nitrogens is 1. The maximum atomic E-state index is 11.8. The molecule has 0 aliphatic heterocycles. The number of aromatic nitrogens is 3. The second kappa shape index (κ2) is 4.33. The van der Waals surface area contributed by atoms with Crippen molar-refractivity contribution in [3.63, 3.8) is 0 Å². The predicted molar refractivity (Wildman–Crippen MR) is 64.8 cm³/mol. The fraction of sp³-hybridized carbons (Fsp3) is 0.727. The smallest absolute Gasteiger partial charge is 0.233 e. The van der Waals surface area contributed by atoms with E-state index in [1.165, 1.54) is 24.6 Å². The molecule has 1 amide bonds. The summed E-state index contributed by atoms with van der Waals surface area (Å²) in [5.74, 6) is 1.64. The van der Waals surface area contributed by atoms with Crippen molar-refractivity contribution in [1.82, 2.24) is 20.5 Å². The molecule has 6 heteroatoms.